The number of carbonyl (C=O) groups is 1. The zero-order valence-electron chi connectivity index (χ0n) is 15.7. The molecule has 0 spiro atoms. The number of nitrogens with zero attached hydrogens (tertiary/aromatic N) is 2. The average Bonchev–Trinajstić information content (AvgIpc) is 3.24. The van der Waals surface area contributed by atoms with Crippen molar-refractivity contribution < 1.29 is 9.21 Å². The van der Waals surface area contributed by atoms with Gasteiger partial charge in [0.15, 0.2) is 5.17 Å². The van der Waals surface area contributed by atoms with Crippen molar-refractivity contribution in [1.82, 2.24) is 10.2 Å². The zero-order chi connectivity index (χ0) is 19.6. The van der Waals surface area contributed by atoms with E-state index in [2.05, 4.69) is 22.3 Å². The van der Waals surface area contributed by atoms with Gasteiger partial charge in [-0.2, -0.15) is 0 Å². The van der Waals surface area contributed by atoms with Crippen molar-refractivity contribution in [2.24, 2.45) is 4.99 Å². The number of thioether (sulfide) groups is 1. The van der Waals surface area contributed by atoms with Gasteiger partial charge in [-0.3, -0.25) is 4.79 Å². The Morgan fingerprint density at radius 1 is 1.04 bits per heavy atom. The van der Waals surface area contributed by atoms with Gasteiger partial charge < -0.3 is 14.6 Å². The molecule has 6 heteroatoms. The van der Waals surface area contributed by atoms with Crippen LogP contribution in [0.15, 0.2) is 88.5 Å². The van der Waals surface area contributed by atoms with Gasteiger partial charge in [0.25, 0.3) is 0 Å². The monoisotopic (exact) mass is 393 g/mol. The van der Waals surface area contributed by atoms with Gasteiger partial charge in [0.05, 0.1) is 24.2 Å². The number of benzene rings is 2. The Bertz CT molecular complexity index is 881. The summed E-state index contributed by atoms with van der Waals surface area (Å²) in [6.45, 7) is 1.10. The second-order valence-corrected chi connectivity index (χ2v) is 7.16. The molecule has 0 atom stereocenters. The maximum Gasteiger partial charge on any atom is 0.230 e. The molecule has 3 rings (SSSR count). The van der Waals surface area contributed by atoms with Gasteiger partial charge >= 0.3 is 0 Å². The summed E-state index contributed by atoms with van der Waals surface area (Å²) < 4.78 is 5.24. The predicted molar refractivity (Wildman–Crippen MR) is 114 cm³/mol. The summed E-state index contributed by atoms with van der Waals surface area (Å²) in [5.74, 6) is 0.957. The van der Waals surface area contributed by atoms with Gasteiger partial charge in [-0.15, -0.1) is 0 Å². The average molecular weight is 394 g/mol. The maximum absolute atomic E-state index is 12.2. The van der Waals surface area contributed by atoms with E-state index in [4.69, 9.17) is 9.41 Å². The second kappa shape index (κ2) is 10.4. The Hall–Kier alpha value is -2.99. The first kappa shape index (κ1) is 19.8. The molecular formula is C22H23N3O2S. The number of nitrogens with one attached hydrogen (secondary N) is 1. The molecule has 0 fully saturated rings. The molecule has 0 radical (unpaired) electrons. The number of amides is 1. The van der Waals surface area contributed by atoms with Crippen LogP contribution < -0.4 is 5.32 Å². The van der Waals surface area contributed by atoms with E-state index >= 15 is 0 Å². The molecule has 2 aromatic carbocycles. The summed E-state index contributed by atoms with van der Waals surface area (Å²) in [5.41, 5.74) is 2.05. The van der Waals surface area contributed by atoms with Gasteiger partial charge in [-0.25, -0.2) is 4.99 Å². The third-order valence-electron chi connectivity index (χ3n) is 3.94. The highest BCUT2D eigenvalue weighted by molar-refractivity contribution is 8.14. The van der Waals surface area contributed by atoms with E-state index < -0.39 is 0 Å². The summed E-state index contributed by atoms with van der Waals surface area (Å²) in [7, 11) is 1.99. The molecule has 0 aliphatic rings. The number of aliphatic imine (C=N–C) groups is 1. The summed E-state index contributed by atoms with van der Waals surface area (Å²) in [4.78, 5) is 19.0. The molecule has 5 nitrogen and oxygen atoms in total. The molecule has 0 bridgehead atoms. The highest BCUT2D eigenvalue weighted by Gasteiger charge is 2.12. The van der Waals surface area contributed by atoms with Crippen LogP contribution in [0.2, 0.25) is 0 Å². The molecule has 0 aliphatic heterocycles. The van der Waals surface area contributed by atoms with E-state index in [0.717, 1.165) is 16.6 Å². The van der Waals surface area contributed by atoms with Gasteiger partial charge in [0, 0.05) is 13.6 Å². The highest BCUT2D eigenvalue weighted by Crippen LogP contribution is 2.18. The van der Waals surface area contributed by atoms with Crippen LogP contribution in [0.3, 0.4) is 0 Å². The van der Waals surface area contributed by atoms with E-state index in [-0.39, 0.29) is 11.7 Å². The van der Waals surface area contributed by atoms with Gasteiger partial charge in [-0.1, -0.05) is 60.3 Å². The smallest absolute Gasteiger partial charge is 0.230 e. The normalized spacial score (nSPS) is 11.2. The number of rotatable bonds is 7. The number of amidine groups is 1. The molecule has 28 heavy (non-hydrogen) atoms. The highest BCUT2D eigenvalue weighted by atomic mass is 32.2. The lowest BCUT2D eigenvalue weighted by Gasteiger charge is -2.21. The number of para-hydroxylation sites is 1. The fourth-order valence-electron chi connectivity index (χ4n) is 2.55. The third-order valence-corrected chi connectivity index (χ3v) is 5.01. The summed E-state index contributed by atoms with van der Waals surface area (Å²) >= 11 is 1.42. The lowest BCUT2D eigenvalue weighted by molar-refractivity contribution is -0.118. The number of hydrogen-bond acceptors (Lipinski definition) is 4. The van der Waals surface area contributed by atoms with Gasteiger partial charge in [0.1, 0.15) is 5.76 Å². The number of furan rings is 1. The van der Waals surface area contributed by atoms with Crippen molar-refractivity contribution >= 4 is 28.5 Å². The molecule has 0 saturated carbocycles. The second-order valence-electron chi connectivity index (χ2n) is 6.22. The molecule has 3 aromatic rings. The SMILES string of the molecule is CN(Cc1ccccc1)C(=Nc1ccccc1)SCC(=O)NCc1ccco1. The Morgan fingerprint density at radius 3 is 2.43 bits per heavy atom. The Morgan fingerprint density at radius 2 is 1.75 bits per heavy atom. The summed E-state index contributed by atoms with van der Waals surface area (Å²) in [6.07, 6.45) is 1.60. The third kappa shape index (κ3) is 6.32. The molecule has 144 valence electrons. The Kier molecular flexibility index (Phi) is 7.32. The van der Waals surface area contributed by atoms with Crippen molar-refractivity contribution in [3.05, 3.63) is 90.4 Å². The largest absolute Gasteiger partial charge is 0.467 e. The zero-order valence-corrected chi connectivity index (χ0v) is 16.6. The van der Waals surface area contributed by atoms with Crippen LogP contribution in [-0.4, -0.2) is 28.8 Å². The van der Waals surface area contributed by atoms with Crippen molar-refractivity contribution in [1.29, 1.82) is 0 Å². The van der Waals surface area contributed by atoms with Crippen LogP contribution in [0.1, 0.15) is 11.3 Å². The summed E-state index contributed by atoms with van der Waals surface area (Å²) in [6, 6.07) is 23.6. The first-order valence-corrected chi connectivity index (χ1v) is 10.00. The number of hydrogen-bond donors (Lipinski definition) is 1. The fraction of sp³-hybridized carbons (Fsp3) is 0.182. The van der Waals surface area contributed by atoms with Crippen LogP contribution in [-0.2, 0) is 17.9 Å². The fourth-order valence-corrected chi connectivity index (χ4v) is 3.36. The molecular weight excluding hydrogens is 370 g/mol. The first-order valence-electron chi connectivity index (χ1n) is 9.01. The molecule has 1 N–H and O–H groups in total. The lowest BCUT2D eigenvalue weighted by Crippen LogP contribution is -2.28. The van der Waals surface area contributed by atoms with Crippen LogP contribution in [0.4, 0.5) is 5.69 Å². The van der Waals surface area contributed by atoms with E-state index in [0.29, 0.717) is 13.1 Å². The first-order chi connectivity index (χ1) is 13.7. The minimum atomic E-state index is -0.0599. The minimum Gasteiger partial charge on any atom is -0.467 e. The van der Waals surface area contributed by atoms with Crippen LogP contribution in [0, 0.1) is 0 Å². The van der Waals surface area contributed by atoms with Crippen LogP contribution in [0.5, 0.6) is 0 Å². The quantitative estimate of drug-likeness (QED) is 0.476. The Labute approximate surface area is 169 Å². The predicted octanol–water partition coefficient (Wildman–Crippen LogP) is 4.45. The summed E-state index contributed by atoms with van der Waals surface area (Å²) in [5, 5.41) is 3.66. The van der Waals surface area contributed by atoms with Crippen LogP contribution >= 0.6 is 11.8 Å². The van der Waals surface area contributed by atoms with Crippen molar-refractivity contribution in [2.45, 2.75) is 13.1 Å². The molecule has 0 unspecified atom stereocenters. The van der Waals surface area contributed by atoms with Crippen molar-refractivity contribution in [2.75, 3.05) is 12.8 Å². The molecule has 1 amide bonds. The van der Waals surface area contributed by atoms with E-state index in [1.54, 1.807) is 12.3 Å². The topological polar surface area (TPSA) is 57.8 Å². The lowest BCUT2D eigenvalue weighted by atomic mass is 10.2. The maximum atomic E-state index is 12.2. The van der Waals surface area contributed by atoms with E-state index in [1.807, 2.05) is 61.6 Å². The van der Waals surface area contributed by atoms with Gasteiger partial charge in [0.2, 0.25) is 5.91 Å². The molecule has 0 saturated heterocycles. The standard InChI is InChI=1S/C22H23N3O2S/c1-25(16-18-9-4-2-5-10-18)22(24-19-11-6-3-7-12-19)28-17-21(26)23-15-20-13-8-14-27-20/h2-14H,15-17H2,1H3,(H,23,26). The van der Waals surface area contributed by atoms with Crippen LogP contribution in [0.25, 0.3) is 0 Å². The van der Waals surface area contributed by atoms with Crippen molar-refractivity contribution in [3.63, 3.8) is 0 Å². The Balaban J connectivity index is 1.63. The molecule has 1 aromatic heterocycles. The van der Waals surface area contributed by atoms with Crippen molar-refractivity contribution in [3.8, 4) is 0 Å². The molecule has 0 aliphatic carbocycles. The minimum absolute atomic E-state index is 0.0599. The van der Waals surface area contributed by atoms with E-state index in [9.17, 15) is 4.79 Å². The van der Waals surface area contributed by atoms with Gasteiger partial charge in [-0.05, 0) is 29.8 Å². The molecule has 1 heterocycles. The van der Waals surface area contributed by atoms with E-state index in [1.165, 1.54) is 17.3 Å². The number of carbonyl (C=O) groups excluding carboxylic acids is 1.